The molecule has 0 aliphatic rings. The highest BCUT2D eigenvalue weighted by molar-refractivity contribution is 6.02. The van der Waals surface area contributed by atoms with Crippen molar-refractivity contribution in [3.63, 3.8) is 0 Å². The van der Waals surface area contributed by atoms with Crippen LogP contribution in [0.4, 0.5) is 26.1 Å². The van der Waals surface area contributed by atoms with Gasteiger partial charge in [0.05, 0.1) is 5.69 Å². The summed E-state index contributed by atoms with van der Waals surface area (Å²) in [6, 6.07) is 7.41. The molecule has 2 N–H and O–H groups in total. The molecule has 2 heterocycles. The summed E-state index contributed by atoms with van der Waals surface area (Å²) in [5.74, 6) is -0.848. The van der Waals surface area contributed by atoms with Crippen LogP contribution >= 0.6 is 0 Å². The number of carbonyl (C=O) groups excluding carboxylic acids is 1. The Labute approximate surface area is 134 Å². The van der Waals surface area contributed by atoms with Crippen molar-refractivity contribution in [2.45, 2.75) is 6.92 Å². The van der Waals surface area contributed by atoms with Crippen LogP contribution in [-0.4, -0.2) is 21.3 Å². The van der Waals surface area contributed by atoms with Crippen molar-refractivity contribution in [1.82, 2.24) is 15.4 Å². The second-order valence-electron chi connectivity index (χ2n) is 4.83. The lowest BCUT2D eigenvalue weighted by Gasteiger charge is -2.06. The molecule has 3 aromatic rings. The number of anilines is 3. The number of rotatable bonds is 4. The highest BCUT2D eigenvalue weighted by Crippen LogP contribution is 2.17. The number of aryl methyl sites for hydroxylation is 1. The molecule has 3 rings (SSSR count). The average Bonchev–Trinajstić information content (AvgIpc) is 2.96. The summed E-state index contributed by atoms with van der Waals surface area (Å²) in [5, 5.41) is 16.4. The van der Waals surface area contributed by atoms with Gasteiger partial charge in [-0.25, -0.2) is 8.78 Å². The van der Waals surface area contributed by atoms with Crippen LogP contribution < -0.4 is 10.6 Å². The first kappa shape index (κ1) is 15.5. The predicted octanol–water partition coefficient (Wildman–Crippen LogP) is 3.05. The number of halogens is 2. The highest BCUT2D eigenvalue weighted by atomic mass is 19.1. The van der Waals surface area contributed by atoms with E-state index in [0.29, 0.717) is 23.5 Å². The fourth-order valence-corrected chi connectivity index (χ4v) is 1.85. The summed E-state index contributed by atoms with van der Waals surface area (Å²) in [6.07, 6.45) is 0. The third kappa shape index (κ3) is 3.51. The van der Waals surface area contributed by atoms with Gasteiger partial charge >= 0.3 is 0 Å². The van der Waals surface area contributed by atoms with E-state index in [2.05, 4.69) is 26.0 Å². The first-order valence-electron chi connectivity index (χ1n) is 6.82. The Morgan fingerprint density at radius 1 is 1.08 bits per heavy atom. The van der Waals surface area contributed by atoms with Gasteiger partial charge in [0.1, 0.15) is 17.4 Å². The molecule has 0 aliphatic carbocycles. The molecule has 0 saturated carbocycles. The van der Waals surface area contributed by atoms with E-state index in [9.17, 15) is 13.6 Å². The SMILES string of the molecule is Cc1cc(Nc2ccc(C(=O)Nc3ccc(F)cc3F)nn2)no1. The maximum absolute atomic E-state index is 13.5. The molecule has 0 bridgehead atoms. The zero-order chi connectivity index (χ0) is 17.1. The van der Waals surface area contributed by atoms with Gasteiger partial charge in [-0.05, 0) is 31.2 Å². The Morgan fingerprint density at radius 3 is 2.54 bits per heavy atom. The molecule has 122 valence electrons. The predicted molar refractivity (Wildman–Crippen MR) is 80.9 cm³/mol. The van der Waals surface area contributed by atoms with Crippen molar-refractivity contribution in [3.8, 4) is 0 Å². The number of nitrogens with one attached hydrogen (secondary N) is 2. The summed E-state index contributed by atoms with van der Waals surface area (Å²) in [7, 11) is 0. The van der Waals surface area contributed by atoms with Crippen LogP contribution in [0.2, 0.25) is 0 Å². The zero-order valence-electron chi connectivity index (χ0n) is 12.4. The molecule has 7 nitrogen and oxygen atoms in total. The second kappa shape index (κ2) is 6.41. The topological polar surface area (TPSA) is 92.9 Å². The molecule has 0 unspecified atom stereocenters. The average molecular weight is 331 g/mol. The van der Waals surface area contributed by atoms with Crippen LogP contribution in [-0.2, 0) is 0 Å². The van der Waals surface area contributed by atoms with Gasteiger partial charge < -0.3 is 15.2 Å². The Morgan fingerprint density at radius 2 is 1.92 bits per heavy atom. The largest absolute Gasteiger partial charge is 0.360 e. The lowest BCUT2D eigenvalue weighted by molar-refractivity contribution is 0.102. The molecule has 0 saturated heterocycles. The first-order valence-corrected chi connectivity index (χ1v) is 6.82. The minimum atomic E-state index is -0.879. The summed E-state index contributed by atoms with van der Waals surface area (Å²) in [4.78, 5) is 12.0. The Kier molecular flexibility index (Phi) is 4.15. The Hall–Kier alpha value is -3.36. The third-order valence-corrected chi connectivity index (χ3v) is 2.96. The summed E-state index contributed by atoms with van der Waals surface area (Å²) < 4.78 is 31.3. The number of carbonyl (C=O) groups is 1. The van der Waals surface area contributed by atoms with Crippen molar-refractivity contribution in [1.29, 1.82) is 0 Å². The third-order valence-electron chi connectivity index (χ3n) is 2.96. The molecule has 0 radical (unpaired) electrons. The molecule has 24 heavy (non-hydrogen) atoms. The lowest BCUT2D eigenvalue weighted by atomic mass is 10.2. The first-order chi connectivity index (χ1) is 11.5. The molecule has 0 aliphatic heterocycles. The van der Waals surface area contributed by atoms with Crippen LogP contribution in [0, 0.1) is 18.6 Å². The second-order valence-corrected chi connectivity index (χ2v) is 4.83. The van der Waals surface area contributed by atoms with Gasteiger partial charge in [0.2, 0.25) is 0 Å². The van der Waals surface area contributed by atoms with E-state index in [1.165, 1.54) is 12.1 Å². The molecule has 1 aromatic carbocycles. The maximum atomic E-state index is 13.5. The molecule has 1 amide bonds. The van der Waals surface area contributed by atoms with E-state index in [0.717, 1.165) is 12.1 Å². The minimum Gasteiger partial charge on any atom is -0.360 e. The zero-order valence-corrected chi connectivity index (χ0v) is 12.4. The highest BCUT2D eigenvalue weighted by Gasteiger charge is 2.12. The molecule has 0 fully saturated rings. The van der Waals surface area contributed by atoms with Gasteiger partial charge in [-0.1, -0.05) is 5.16 Å². The van der Waals surface area contributed by atoms with Crippen LogP contribution in [0.25, 0.3) is 0 Å². The minimum absolute atomic E-state index is 0.0272. The molecule has 9 heteroatoms. The van der Waals surface area contributed by atoms with Crippen molar-refractivity contribution in [2.75, 3.05) is 10.6 Å². The molecular formula is C15H11F2N5O2. The van der Waals surface area contributed by atoms with Crippen molar-refractivity contribution < 1.29 is 18.1 Å². The van der Waals surface area contributed by atoms with Crippen LogP contribution in [0.1, 0.15) is 16.2 Å². The van der Waals surface area contributed by atoms with E-state index in [4.69, 9.17) is 4.52 Å². The Bertz CT molecular complexity index is 880. The molecular weight excluding hydrogens is 320 g/mol. The van der Waals surface area contributed by atoms with Crippen molar-refractivity contribution in [2.24, 2.45) is 0 Å². The van der Waals surface area contributed by atoms with E-state index in [-0.39, 0.29) is 11.4 Å². The van der Waals surface area contributed by atoms with E-state index < -0.39 is 17.5 Å². The number of amides is 1. The van der Waals surface area contributed by atoms with Crippen molar-refractivity contribution in [3.05, 3.63) is 59.5 Å². The summed E-state index contributed by atoms with van der Waals surface area (Å²) in [5.41, 5.74) is -0.177. The van der Waals surface area contributed by atoms with Crippen LogP contribution in [0.15, 0.2) is 40.9 Å². The van der Waals surface area contributed by atoms with Gasteiger partial charge in [0, 0.05) is 12.1 Å². The van der Waals surface area contributed by atoms with Gasteiger partial charge in [0.15, 0.2) is 17.3 Å². The van der Waals surface area contributed by atoms with E-state index in [1.54, 1.807) is 13.0 Å². The molecule has 0 spiro atoms. The summed E-state index contributed by atoms with van der Waals surface area (Å²) >= 11 is 0. The number of aromatic nitrogens is 3. The van der Waals surface area contributed by atoms with Crippen molar-refractivity contribution >= 4 is 23.2 Å². The fraction of sp³-hybridized carbons (Fsp3) is 0.0667. The number of hydrogen-bond acceptors (Lipinski definition) is 6. The quantitative estimate of drug-likeness (QED) is 0.763. The maximum Gasteiger partial charge on any atom is 0.276 e. The van der Waals surface area contributed by atoms with Gasteiger partial charge in [-0.3, -0.25) is 4.79 Å². The fourth-order valence-electron chi connectivity index (χ4n) is 1.85. The number of nitrogens with zero attached hydrogens (tertiary/aromatic N) is 3. The van der Waals surface area contributed by atoms with E-state index >= 15 is 0 Å². The van der Waals surface area contributed by atoms with Gasteiger partial charge in [0.25, 0.3) is 5.91 Å². The molecule has 2 aromatic heterocycles. The number of benzene rings is 1. The monoisotopic (exact) mass is 331 g/mol. The number of hydrogen-bond donors (Lipinski definition) is 2. The smallest absolute Gasteiger partial charge is 0.276 e. The normalized spacial score (nSPS) is 10.5. The van der Waals surface area contributed by atoms with Gasteiger partial charge in [-0.15, -0.1) is 10.2 Å². The Balaban J connectivity index is 1.69. The lowest BCUT2D eigenvalue weighted by Crippen LogP contribution is -2.15. The standard InChI is InChI=1S/C15H11F2N5O2/c1-8-6-14(22-24-8)19-13-5-4-12(20-21-13)15(23)18-11-3-2-9(16)7-10(11)17/h2-7H,1H3,(H,18,23)(H,19,21,22). The van der Waals surface area contributed by atoms with Crippen LogP contribution in [0.3, 0.4) is 0 Å². The van der Waals surface area contributed by atoms with Gasteiger partial charge in [-0.2, -0.15) is 0 Å². The summed E-state index contributed by atoms with van der Waals surface area (Å²) in [6.45, 7) is 1.74. The molecule has 0 atom stereocenters. The van der Waals surface area contributed by atoms with E-state index in [1.807, 2.05) is 0 Å². The van der Waals surface area contributed by atoms with Crippen LogP contribution in [0.5, 0.6) is 0 Å².